The second-order valence-corrected chi connectivity index (χ2v) is 5.67. The topological polar surface area (TPSA) is 62.6 Å². The predicted molar refractivity (Wildman–Crippen MR) is 83.0 cm³/mol. The molecule has 1 saturated heterocycles. The van der Waals surface area contributed by atoms with Gasteiger partial charge in [-0.2, -0.15) is 0 Å². The standard InChI is InChI=1S/C16H15ClN2O3/c17-12-3-5-13(6-4-12)19-10-11(8-15(19)20)9-18-16(21)14-2-1-7-22-14/h1-7,11H,8-10H2,(H,18,21). The lowest BCUT2D eigenvalue weighted by atomic mass is 10.1. The van der Waals surface area contributed by atoms with Crippen molar-refractivity contribution < 1.29 is 14.0 Å². The fourth-order valence-electron chi connectivity index (χ4n) is 2.52. The van der Waals surface area contributed by atoms with E-state index in [9.17, 15) is 9.59 Å². The Kier molecular flexibility index (Phi) is 4.15. The van der Waals surface area contributed by atoms with Crippen molar-refractivity contribution in [1.82, 2.24) is 5.32 Å². The number of halogens is 1. The van der Waals surface area contributed by atoms with Crippen molar-refractivity contribution >= 4 is 29.1 Å². The van der Waals surface area contributed by atoms with Crippen LogP contribution >= 0.6 is 11.6 Å². The Balaban J connectivity index is 1.58. The lowest BCUT2D eigenvalue weighted by molar-refractivity contribution is -0.117. The van der Waals surface area contributed by atoms with Crippen molar-refractivity contribution in [2.24, 2.45) is 5.92 Å². The molecular weight excluding hydrogens is 304 g/mol. The highest BCUT2D eigenvalue weighted by atomic mass is 35.5. The van der Waals surface area contributed by atoms with E-state index in [2.05, 4.69) is 5.32 Å². The Hall–Kier alpha value is -2.27. The largest absolute Gasteiger partial charge is 0.459 e. The number of hydrogen-bond acceptors (Lipinski definition) is 3. The van der Waals surface area contributed by atoms with E-state index in [1.807, 2.05) is 12.1 Å². The zero-order chi connectivity index (χ0) is 15.5. The molecule has 114 valence electrons. The van der Waals surface area contributed by atoms with Gasteiger partial charge in [0.2, 0.25) is 5.91 Å². The first kappa shape index (κ1) is 14.7. The van der Waals surface area contributed by atoms with Crippen LogP contribution in [0.3, 0.4) is 0 Å². The van der Waals surface area contributed by atoms with Crippen LogP contribution in [0.5, 0.6) is 0 Å². The fourth-order valence-corrected chi connectivity index (χ4v) is 2.65. The molecule has 1 aromatic heterocycles. The Morgan fingerprint density at radius 3 is 2.77 bits per heavy atom. The van der Waals surface area contributed by atoms with E-state index >= 15 is 0 Å². The van der Waals surface area contributed by atoms with Gasteiger partial charge >= 0.3 is 0 Å². The Morgan fingerprint density at radius 1 is 1.32 bits per heavy atom. The third kappa shape index (κ3) is 3.14. The minimum absolute atomic E-state index is 0.0552. The number of nitrogens with one attached hydrogen (secondary N) is 1. The maximum absolute atomic E-state index is 12.1. The summed E-state index contributed by atoms with van der Waals surface area (Å²) in [6.45, 7) is 1.02. The van der Waals surface area contributed by atoms with Gasteiger partial charge in [0.05, 0.1) is 6.26 Å². The maximum atomic E-state index is 12.1. The molecule has 2 amide bonds. The van der Waals surface area contributed by atoms with Gasteiger partial charge in [0, 0.05) is 36.1 Å². The first-order valence-corrected chi connectivity index (χ1v) is 7.39. The van der Waals surface area contributed by atoms with Gasteiger partial charge in [-0.25, -0.2) is 0 Å². The summed E-state index contributed by atoms with van der Waals surface area (Å²) in [6.07, 6.45) is 1.87. The van der Waals surface area contributed by atoms with Crippen LogP contribution in [0.15, 0.2) is 47.1 Å². The van der Waals surface area contributed by atoms with Crippen LogP contribution in [0.25, 0.3) is 0 Å². The number of rotatable bonds is 4. The fraction of sp³-hybridized carbons (Fsp3) is 0.250. The minimum Gasteiger partial charge on any atom is -0.459 e. The smallest absolute Gasteiger partial charge is 0.286 e. The number of hydrogen-bond donors (Lipinski definition) is 1. The molecule has 1 aromatic carbocycles. The van der Waals surface area contributed by atoms with Crippen LogP contribution in [0.2, 0.25) is 5.02 Å². The first-order chi connectivity index (χ1) is 10.6. The van der Waals surface area contributed by atoms with Crippen LogP contribution in [0, 0.1) is 5.92 Å². The molecule has 2 aromatic rings. The number of carbonyl (C=O) groups is 2. The van der Waals surface area contributed by atoms with E-state index in [0.717, 1.165) is 5.69 Å². The highest BCUT2D eigenvalue weighted by Gasteiger charge is 2.30. The summed E-state index contributed by atoms with van der Waals surface area (Å²) in [5.41, 5.74) is 0.828. The van der Waals surface area contributed by atoms with Gasteiger partial charge in [0.1, 0.15) is 0 Å². The number of carbonyl (C=O) groups excluding carboxylic acids is 2. The quantitative estimate of drug-likeness (QED) is 0.942. The van der Waals surface area contributed by atoms with Crippen LogP contribution in [-0.2, 0) is 4.79 Å². The lowest BCUT2D eigenvalue weighted by Crippen LogP contribution is -2.31. The van der Waals surface area contributed by atoms with E-state index in [4.69, 9.17) is 16.0 Å². The Bertz CT molecular complexity index is 667. The summed E-state index contributed by atoms with van der Waals surface area (Å²) < 4.78 is 5.03. The molecule has 0 saturated carbocycles. The third-order valence-electron chi connectivity index (χ3n) is 3.64. The van der Waals surface area contributed by atoms with Crippen molar-refractivity contribution in [3.63, 3.8) is 0 Å². The monoisotopic (exact) mass is 318 g/mol. The SMILES string of the molecule is O=C(NCC1CC(=O)N(c2ccc(Cl)cc2)C1)c1ccco1. The molecule has 2 heterocycles. The van der Waals surface area contributed by atoms with Crippen LogP contribution in [-0.4, -0.2) is 24.9 Å². The average Bonchev–Trinajstić information content (AvgIpc) is 3.15. The van der Waals surface area contributed by atoms with Gasteiger partial charge in [0.25, 0.3) is 5.91 Å². The van der Waals surface area contributed by atoms with Gasteiger partial charge in [-0.1, -0.05) is 11.6 Å². The molecule has 1 aliphatic heterocycles. The maximum Gasteiger partial charge on any atom is 0.286 e. The molecule has 1 unspecified atom stereocenters. The summed E-state index contributed by atoms with van der Waals surface area (Å²) in [4.78, 5) is 25.6. The van der Waals surface area contributed by atoms with Gasteiger partial charge in [0.15, 0.2) is 5.76 Å². The first-order valence-electron chi connectivity index (χ1n) is 7.01. The molecule has 1 fully saturated rings. The van der Waals surface area contributed by atoms with Crippen molar-refractivity contribution in [1.29, 1.82) is 0 Å². The van der Waals surface area contributed by atoms with Crippen LogP contribution in [0.1, 0.15) is 17.0 Å². The summed E-state index contributed by atoms with van der Waals surface area (Å²) in [6, 6.07) is 10.4. The Labute approximate surface area is 132 Å². The molecule has 0 bridgehead atoms. The Morgan fingerprint density at radius 2 is 2.09 bits per heavy atom. The van der Waals surface area contributed by atoms with Gasteiger partial charge in [-0.3, -0.25) is 9.59 Å². The summed E-state index contributed by atoms with van der Waals surface area (Å²) in [7, 11) is 0. The summed E-state index contributed by atoms with van der Waals surface area (Å²) in [5, 5.41) is 3.43. The van der Waals surface area contributed by atoms with E-state index < -0.39 is 0 Å². The van der Waals surface area contributed by atoms with E-state index in [0.29, 0.717) is 24.5 Å². The molecule has 3 rings (SSSR count). The number of amides is 2. The predicted octanol–water partition coefficient (Wildman–Crippen LogP) is 2.72. The second-order valence-electron chi connectivity index (χ2n) is 5.24. The van der Waals surface area contributed by atoms with E-state index in [-0.39, 0.29) is 23.5 Å². The van der Waals surface area contributed by atoms with Gasteiger partial charge < -0.3 is 14.6 Å². The normalized spacial score (nSPS) is 17.8. The molecule has 0 radical (unpaired) electrons. The molecule has 22 heavy (non-hydrogen) atoms. The molecular formula is C16H15ClN2O3. The van der Waals surface area contributed by atoms with Crippen LogP contribution < -0.4 is 10.2 Å². The van der Waals surface area contributed by atoms with Crippen LogP contribution in [0.4, 0.5) is 5.69 Å². The van der Waals surface area contributed by atoms with Gasteiger partial charge in [-0.15, -0.1) is 0 Å². The number of furan rings is 1. The summed E-state index contributed by atoms with van der Waals surface area (Å²) in [5.74, 6) is 0.155. The van der Waals surface area contributed by atoms with Crippen molar-refractivity contribution in [2.45, 2.75) is 6.42 Å². The molecule has 0 spiro atoms. The van der Waals surface area contributed by atoms with Crippen molar-refractivity contribution in [2.75, 3.05) is 18.0 Å². The number of anilines is 1. The van der Waals surface area contributed by atoms with Crippen molar-refractivity contribution in [3.05, 3.63) is 53.4 Å². The van der Waals surface area contributed by atoms with E-state index in [1.165, 1.54) is 6.26 Å². The molecule has 6 heteroatoms. The lowest BCUT2D eigenvalue weighted by Gasteiger charge is -2.17. The molecule has 1 aliphatic rings. The highest BCUT2D eigenvalue weighted by Crippen LogP contribution is 2.26. The minimum atomic E-state index is -0.262. The molecule has 0 aliphatic carbocycles. The van der Waals surface area contributed by atoms with Gasteiger partial charge in [-0.05, 0) is 36.4 Å². The average molecular weight is 319 g/mol. The highest BCUT2D eigenvalue weighted by molar-refractivity contribution is 6.30. The molecule has 1 atom stereocenters. The third-order valence-corrected chi connectivity index (χ3v) is 3.89. The molecule has 1 N–H and O–H groups in total. The number of benzene rings is 1. The molecule has 5 nitrogen and oxygen atoms in total. The second kappa shape index (κ2) is 6.23. The zero-order valence-electron chi connectivity index (χ0n) is 11.8. The zero-order valence-corrected chi connectivity index (χ0v) is 12.5. The number of nitrogens with zero attached hydrogens (tertiary/aromatic N) is 1. The van der Waals surface area contributed by atoms with E-state index in [1.54, 1.807) is 29.2 Å². The summed E-state index contributed by atoms with van der Waals surface area (Å²) >= 11 is 5.86. The van der Waals surface area contributed by atoms with Crippen molar-refractivity contribution in [3.8, 4) is 0 Å².